The number of carboxylic acid groups (broad SMARTS) is 2. The minimum Gasteiger partial charge on any atom is -0.477 e. The van der Waals surface area contributed by atoms with E-state index in [9.17, 15) is 203 Å². The molecule has 0 saturated carbocycles. The molecule has 11 aliphatic heterocycles. The van der Waals surface area contributed by atoms with Crippen molar-refractivity contribution in [3.05, 3.63) is 0 Å². The summed E-state index contributed by atoms with van der Waals surface area (Å²) in [6.07, 6.45) is -134. The minimum absolute atomic E-state index is 0.495. The Hall–Kier alpha value is -3.87. The van der Waals surface area contributed by atoms with Crippen LogP contribution in [0.1, 0.15) is 27.2 Å². The highest BCUT2D eigenvalue weighted by Crippen LogP contribution is 2.46. The van der Waals surface area contributed by atoms with Crippen molar-refractivity contribution in [2.75, 3.05) is 59.5 Å². The molecule has 1 unspecified atom stereocenters. The van der Waals surface area contributed by atoms with Gasteiger partial charge < -0.3 is 299 Å². The topological polar surface area (TPSA) is 1030 Å². The third-order valence-electron chi connectivity index (χ3n) is 25.6. The van der Waals surface area contributed by atoms with Crippen molar-refractivity contribution in [1.82, 2.24) is 5.32 Å². The summed E-state index contributed by atoms with van der Waals surface area (Å²) in [5.74, 6) is -14.0. The second-order valence-corrected chi connectivity index (χ2v) is 35.2. The SMILES string of the molecule is CC(=O)N[C@H]1[C@H](OC[C@H](O)[C@H]2O[C@H](O[C@H]3[C@@H](O[C@@H]4[C@H](O)[C@@H](O[C@@H]5[C@H](O)[C@@H](O[C@H]6[C@@H]([C@H](O)CO)O[C@@](O)(C(=O)O)C[C@H]6O[C@@]6(C(=O)O)O[C@H]([C@H](O)COC7OC[C@H](N)[C@H](O)[C@H]7O)[C@H](O)[C@H](O)[C@@H]6O)O[C@H]([C@@H](O)CO)[C@H]5O[C@@H]5O[C@H](CO)[C@@H](O)[C@H](O)[C@H]5O)O[C@H]([C@@H](O)CO[C@H]5O[C@H]([C@@H](O)CO)[C@@H](O)[C@H](O)[C@@H]5O)[C@H]4O)O[C@H](CO)[C@@H](O)[C@@H]3O)[C@@H](O)[C@@H](O)[C@@H]2O)O[C@H](C)[C@@H](O)[C@@H]1O[C@@H]1O[C@@H](C)[C@H](O)[C@@H](O)[C@H]1O. The van der Waals surface area contributed by atoms with Crippen LogP contribution < -0.4 is 11.1 Å². The lowest BCUT2D eigenvalue weighted by Gasteiger charge is -2.53. The van der Waals surface area contributed by atoms with Crippen LogP contribution in [0.25, 0.3) is 0 Å². The molecule has 11 fully saturated rings. The Kier molecular flexibility index (Phi) is 39.8. The molecular formula is C75H126N2O61. The first-order chi connectivity index (χ1) is 64.8. The molecule has 138 heavy (non-hydrogen) atoms. The molecule has 1 amide bonds. The Morgan fingerprint density at radius 2 is 0.746 bits per heavy atom. The molecule has 11 aliphatic rings. The average molecular weight is 2030 g/mol. The monoisotopic (exact) mass is 2030 g/mol. The molecule has 11 rings (SSSR count). The molecule has 63 nitrogen and oxygen atoms in total. The summed E-state index contributed by atoms with van der Waals surface area (Å²) in [6, 6.07) is -2.86. The molecular weight excluding hydrogens is 1900 g/mol. The first kappa shape index (κ1) is 114. The van der Waals surface area contributed by atoms with Gasteiger partial charge in [-0.3, -0.25) is 4.79 Å². The Bertz CT molecular complexity index is 3800. The van der Waals surface area contributed by atoms with Gasteiger partial charge >= 0.3 is 11.9 Å². The van der Waals surface area contributed by atoms with E-state index in [4.69, 9.17) is 105 Å². The van der Waals surface area contributed by atoms with Gasteiger partial charge in [-0.1, -0.05) is 0 Å². The van der Waals surface area contributed by atoms with E-state index in [1.54, 1.807) is 0 Å². The lowest BCUT2D eigenvalue weighted by molar-refractivity contribution is -0.422. The van der Waals surface area contributed by atoms with Crippen LogP contribution in [-0.4, -0.2) is 627 Å². The van der Waals surface area contributed by atoms with Crippen molar-refractivity contribution in [2.45, 2.75) is 388 Å². The zero-order chi connectivity index (χ0) is 102. The van der Waals surface area contributed by atoms with E-state index in [-0.39, 0.29) is 0 Å². The molecule has 63 heteroatoms. The molecule has 0 bridgehead atoms. The van der Waals surface area contributed by atoms with Gasteiger partial charge in [0.2, 0.25) is 5.91 Å². The summed E-state index contributed by atoms with van der Waals surface area (Å²) in [5, 5.41) is 420. The molecule has 0 aromatic carbocycles. The maximum Gasteiger partial charge on any atom is 0.367 e. The number of amides is 1. The van der Waals surface area contributed by atoms with Gasteiger partial charge in [0.25, 0.3) is 11.6 Å². The number of carbonyl (C=O) groups is 3. The summed E-state index contributed by atoms with van der Waals surface area (Å²) in [6.45, 7) is -7.84. The number of nitrogens with two attached hydrogens (primary N) is 1. The molecule has 40 N–H and O–H groups in total. The van der Waals surface area contributed by atoms with Crippen molar-refractivity contribution < 1.29 is 303 Å². The second kappa shape index (κ2) is 48.0. The number of ether oxygens (including phenoxy) is 21. The van der Waals surface area contributed by atoms with E-state index in [2.05, 4.69) is 5.32 Å². The molecule has 11 heterocycles. The smallest absolute Gasteiger partial charge is 0.367 e. The molecule has 0 radical (unpaired) electrons. The standard InChI is InChI=1S/C75H126N2O61/c1-14-28(90)33(95)44(106)66(123-14)131-57-27(77-16(3)83)63(122-15(2)29(57)91)119-11-21(87)51-39(101)36(98)46(108)68(127-51)134-60-37(99)32(94)26(9-82)125-71(60)132-58-47(109)52(22(88)12-121-65-43(105)35(97)38(100)50(126-65)18(84)5-78)128-69(48(58)110)133-59-49(111)70(129-54(19(85)6-79)61(59)135-67-45(107)34(96)31(93)25(8-81)124-67)130-56-24(4-74(117,72(113)114)137-55(56)20(86)7-80)136-75(73(115)116)62(112)41(103)40(102)53(138-75)23(89)13-120-64-42(104)30(92)17(76)10-118-64/h14-15,17-71,78-82,84-112,117H,4-13,76H2,1-3H3,(H,77,83)(H,113,114)(H,115,116)/t14-,15+,17-,18-,19-,20+,21-,22-,23+,24+,25+,26+,27+,28-,29+,30-,31+,32+,33+,34-,35-,36-,37-,38-,39-,40+,41-,42+,43-,44+,45+,46-,47+,48-,49-,50+,51+,52+,53+,54+,55+,56+,57+,58-,59+,60+,61+,62-,63+,64?,65-,66-,67-,68+,69+,70+,71+,74+,75+/m0/s1. The normalized spacial score (nSPS) is 50.2. The first-order valence-corrected chi connectivity index (χ1v) is 43.5. The minimum atomic E-state index is -4.12. The first-order valence-electron chi connectivity index (χ1n) is 43.5. The highest BCUT2D eigenvalue weighted by atomic mass is 16.8. The van der Waals surface area contributed by atoms with E-state index in [1.165, 1.54) is 13.8 Å². The van der Waals surface area contributed by atoms with Gasteiger partial charge in [0.15, 0.2) is 56.6 Å². The zero-order valence-electron chi connectivity index (χ0n) is 72.9. The van der Waals surface area contributed by atoms with Gasteiger partial charge in [-0.15, -0.1) is 0 Å². The quantitative estimate of drug-likeness (QED) is 0.0275. The van der Waals surface area contributed by atoms with Crippen molar-refractivity contribution in [3.8, 4) is 0 Å². The Labute approximate surface area is 777 Å². The highest BCUT2D eigenvalue weighted by molar-refractivity contribution is 5.77. The molecule has 0 aliphatic carbocycles. The fraction of sp³-hybridized carbons (Fsp3) is 0.960. The number of nitrogens with one attached hydrogen (secondary N) is 1. The maximum absolute atomic E-state index is 13.9. The van der Waals surface area contributed by atoms with E-state index in [1.807, 2.05) is 0 Å². The lowest BCUT2D eigenvalue weighted by atomic mass is 9.88. The Morgan fingerprint density at radius 3 is 1.30 bits per heavy atom. The zero-order valence-corrected chi connectivity index (χ0v) is 72.9. The predicted octanol–water partition coefficient (Wildman–Crippen LogP) is -26.1. The van der Waals surface area contributed by atoms with Crippen LogP contribution in [0.2, 0.25) is 0 Å². The Morgan fingerprint density at radius 1 is 0.355 bits per heavy atom. The van der Waals surface area contributed by atoms with Crippen molar-refractivity contribution >= 4 is 17.8 Å². The number of aliphatic hydroxyl groups excluding tert-OH is 34. The largest absolute Gasteiger partial charge is 0.477 e. The van der Waals surface area contributed by atoms with Crippen LogP contribution >= 0.6 is 0 Å². The number of aliphatic carboxylic acids is 2. The fourth-order valence-corrected chi connectivity index (χ4v) is 17.5. The Balaban J connectivity index is 0.959. The number of hydrogen-bond donors (Lipinski definition) is 39. The van der Waals surface area contributed by atoms with E-state index < -0.39 is 445 Å². The number of hydrogen-bond acceptors (Lipinski definition) is 60. The van der Waals surface area contributed by atoms with Crippen LogP contribution in [0.3, 0.4) is 0 Å². The summed E-state index contributed by atoms with van der Waals surface area (Å²) in [4.78, 5) is 39.8. The van der Waals surface area contributed by atoms with Gasteiger partial charge in [-0.05, 0) is 13.8 Å². The van der Waals surface area contributed by atoms with Crippen LogP contribution in [-0.2, 0) is 114 Å². The number of aliphatic hydroxyl groups is 35. The summed E-state index contributed by atoms with van der Waals surface area (Å²) >= 11 is 0. The molecule has 59 atom stereocenters. The summed E-state index contributed by atoms with van der Waals surface area (Å²) < 4.78 is 121. The lowest BCUT2D eigenvalue weighted by Crippen LogP contribution is -2.73. The molecule has 11 saturated heterocycles. The fourth-order valence-electron chi connectivity index (χ4n) is 17.5. The van der Waals surface area contributed by atoms with Crippen LogP contribution in [0.15, 0.2) is 0 Å². The van der Waals surface area contributed by atoms with Gasteiger partial charge in [0, 0.05) is 13.3 Å². The average Bonchev–Trinajstić information content (AvgIpc) is 0.734. The van der Waals surface area contributed by atoms with Gasteiger partial charge in [0.05, 0.1) is 83.8 Å². The maximum atomic E-state index is 13.9. The number of carbonyl (C=O) groups excluding carboxylic acids is 1. The molecule has 0 aromatic rings. The van der Waals surface area contributed by atoms with Crippen LogP contribution in [0.4, 0.5) is 0 Å². The van der Waals surface area contributed by atoms with Gasteiger partial charge in [0.1, 0.15) is 269 Å². The second-order valence-electron chi connectivity index (χ2n) is 35.2. The van der Waals surface area contributed by atoms with E-state index in [0.717, 1.165) is 6.92 Å². The summed E-state index contributed by atoms with van der Waals surface area (Å²) in [7, 11) is 0. The van der Waals surface area contributed by atoms with Crippen molar-refractivity contribution in [1.29, 1.82) is 0 Å². The predicted molar refractivity (Wildman–Crippen MR) is 415 cm³/mol. The third kappa shape index (κ3) is 23.9. The van der Waals surface area contributed by atoms with E-state index >= 15 is 0 Å². The van der Waals surface area contributed by atoms with Gasteiger partial charge in [-0.2, -0.15) is 0 Å². The van der Waals surface area contributed by atoms with Crippen molar-refractivity contribution in [2.24, 2.45) is 5.73 Å². The van der Waals surface area contributed by atoms with Crippen molar-refractivity contribution in [3.63, 3.8) is 0 Å². The molecule has 0 spiro atoms. The van der Waals surface area contributed by atoms with Crippen LogP contribution in [0, 0.1) is 0 Å². The molecule has 0 aromatic heterocycles. The summed E-state index contributed by atoms with van der Waals surface area (Å²) in [5.41, 5.74) is 5.72. The highest BCUT2D eigenvalue weighted by Gasteiger charge is 2.68. The number of rotatable bonds is 37. The van der Waals surface area contributed by atoms with Crippen LogP contribution in [0.5, 0.6) is 0 Å². The van der Waals surface area contributed by atoms with E-state index in [0.29, 0.717) is 0 Å². The molecule has 802 valence electrons. The third-order valence-corrected chi connectivity index (χ3v) is 25.6. The number of carboxylic acids is 2. The van der Waals surface area contributed by atoms with Gasteiger partial charge in [-0.25, -0.2) is 9.59 Å².